The molecule has 0 fully saturated rings. The van der Waals surface area contributed by atoms with Gasteiger partial charge < -0.3 is 9.52 Å². The zero-order chi connectivity index (χ0) is 10.8. The number of aromatic nitrogens is 1. The van der Waals surface area contributed by atoms with E-state index in [-0.39, 0.29) is 23.1 Å². The summed E-state index contributed by atoms with van der Waals surface area (Å²) in [7, 11) is 0. The average Bonchev–Trinajstić information content (AvgIpc) is 2.70. The van der Waals surface area contributed by atoms with Gasteiger partial charge >= 0.3 is 0 Å². The number of oxazole rings is 1. The molecule has 78 valence electrons. The summed E-state index contributed by atoms with van der Waals surface area (Å²) >= 11 is 5.61. The summed E-state index contributed by atoms with van der Waals surface area (Å²) in [6.45, 7) is -0.244. The topological polar surface area (TPSA) is 46.3 Å². The first-order valence-corrected chi connectivity index (χ1v) is 4.60. The first-order valence-electron chi connectivity index (χ1n) is 4.22. The third-order valence-corrected chi connectivity index (χ3v) is 2.19. The molecule has 0 aliphatic heterocycles. The van der Waals surface area contributed by atoms with E-state index in [1.54, 1.807) is 6.07 Å². The zero-order valence-electron chi connectivity index (χ0n) is 7.58. The Kier molecular flexibility index (Phi) is 2.70. The Morgan fingerprint density at radius 1 is 1.47 bits per heavy atom. The lowest BCUT2D eigenvalue weighted by Gasteiger charge is -1.98. The second kappa shape index (κ2) is 4.00. The smallest absolute Gasteiger partial charge is 0.229 e. The highest BCUT2D eigenvalue weighted by molar-refractivity contribution is 6.31. The summed E-state index contributed by atoms with van der Waals surface area (Å²) in [5.74, 6) is -0.468. The molecule has 2 rings (SSSR count). The Labute approximate surface area is 90.1 Å². The maximum absolute atomic E-state index is 13.5. The van der Waals surface area contributed by atoms with Gasteiger partial charge in [-0.3, -0.25) is 0 Å². The Bertz CT molecular complexity index is 484. The van der Waals surface area contributed by atoms with E-state index in [0.29, 0.717) is 5.69 Å². The minimum Gasteiger partial charge on any atom is -0.444 e. The van der Waals surface area contributed by atoms with Crippen molar-refractivity contribution in [2.24, 2.45) is 0 Å². The maximum atomic E-state index is 13.5. The number of hydrogen-bond donors (Lipinski definition) is 1. The van der Waals surface area contributed by atoms with Gasteiger partial charge in [-0.15, -0.1) is 0 Å². The summed E-state index contributed by atoms with van der Waals surface area (Å²) in [5, 5.41) is 8.79. The summed E-state index contributed by atoms with van der Waals surface area (Å²) in [6, 6.07) is 4.55. The van der Waals surface area contributed by atoms with Crippen LogP contribution in [0.5, 0.6) is 0 Å². The SMILES string of the molecule is OCc1coc(-c2cccc(Cl)c2F)n1. The summed E-state index contributed by atoms with van der Waals surface area (Å²) in [4.78, 5) is 3.89. The fraction of sp³-hybridized carbons (Fsp3) is 0.100. The largest absolute Gasteiger partial charge is 0.444 e. The number of aliphatic hydroxyl groups excluding tert-OH is 1. The predicted octanol–water partition coefficient (Wildman–Crippen LogP) is 2.63. The highest BCUT2D eigenvalue weighted by Crippen LogP contribution is 2.26. The molecule has 0 amide bonds. The fourth-order valence-corrected chi connectivity index (χ4v) is 1.35. The second-order valence-electron chi connectivity index (χ2n) is 2.90. The average molecular weight is 228 g/mol. The molecule has 1 heterocycles. The fourth-order valence-electron chi connectivity index (χ4n) is 1.17. The van der Waals surface area contributed by atoms with E-state index in [4.69, 9.17) is 21.1 Å². The van der Waals surface area contributed by atoms with Crippen LogP contribution in [-0.2, 0) is 6.61 Å². The molecular weight excluding hydrogens is 221 g/mol. The highest BCUT2D eigenvalue weighted by atomic mass is 35.5. The molecule has 1 N–H and O–H groups in total. The van der Waals surface area contributed by atoms with Crippen LogP contribution in [0.2, 0.25) is 5.02 Å². The lowest BCUT2D eigenvalue weighted by molar-refractivity contribution is 0.276. The molecule has 0 aliphatic rings. The van der Waals surface area contributed by atoms with Gasteiger partial charge in [0.1, 0.15) is 12.0 Å². The molecule has 0 radical (unpaired) electrons. The van der Waals surface area contributed by atoms with Crippen molar-refractivity contribution >= 4 is 11.6 Å². The molecule has 0 saturated carbocycles. The van der Waals surface area contributed by atoms with Crippen LogP contribution in [0, 0.1) is 5.82 Å². The standard InChI is InChI=1S/C10H7ClFNO2/c11-8-3-1-2-7(9(8)12)10-13-6(4-14)5-15-10/h1-3,5,14H,4H2. The Morgan fingerprint density at radius 2 is 2.27 bits per heavy atom. The normalized spacial score (nSPS) is 10.6. The van der Waals surface area contributed by atoms with E-state index in [1.165, 1.54) is 18.4 Å². The van der Waals surface area contributed by atoms with Gasteiger partial charge in [-0.1, -0.05) is 17.7 Å². The molecule has 15 heavy (non-hydrogen) atoms. The van der Waals surface area contributed by atoms with Gasteiger partial charge in [0.2, 0.25) is 5.89 Å². The quantitative estimate of drug-likeness (QED) is 0.858. The van der Waals surface area contributed by atoms with Crippen molar-refractivity contribution in [3.8, 4) is 11.5 Å². The van der Waals surface area contributed by atoms with Gasteiger partial charge in [0, 0.05) is 0 Å². The third kappa shape index (κ3) is 1.86. The predicted molar refractivity (Wildman–Crippen MR) is 52.8 cm³/mol. The first kappa shape index (κ1) is 10.1. The van der Waals surface area contributed by atoms with Crippen molar-refractivity contribution in [2.75, 3.05) is 0 Å². The van der Waals surface area contributed by atoms with E-state index in [2.05, 4.69) is 4.98 Å². The number of halogens is 2. The molecule has 0 atom stereocenters. The lowest BCUT2D eigenvalue weighted by atomic mass is 10.2. The first-order chi connectivity index (χ1) is 7.22. The summed E-state index contributed by atoms with van der Waals surface area (Å²) in [6.07, 6.45) is 1.27. The molecule has 0 unspecified atom stereocenters. The minimum absolute atomic E-state index is 0.0104. The van der Waals surface area contributed by atoms with Crippen LogP contribution in [0.15, 0.2) is 28.9 Å². The number of aliphatic hydroxyl groups is 1. The van der Waals surface area contributed by atoms with Crippen molar-refractivity contribution < 1.29 is 13.9 Å². The molecule has 2 aromatic rings. The number of hydrogen-bond acceptors (Lipinski definition) is 3. The van der Waals surface area contributed by atoms with Crippen LogP contribution in [0.25, 0.3) is 11.5 Å². The van der Waals surface area contributed by atoms with Crippen molar-refractivity contribution in [2.45, 2.75) is 6.61 Å². The molecule has 0 bridgehead atoms. The Hall–Kier alpha value is -1.39. The lowest BCUT2D eigenvalue weighted by Crippen LogP contribution is -1.87. The number of rotatable bonds is 2. The molecule has 0 aliphatic carbocycles. The van der Waals surface area contributed by atoms with Crippen molar-refractivity contribution in [3.63, 3.8) is 0 Å². The second-order valence-corrected chi connectivity index (χ2v) is 3.31. The summed E-state index contributed by atoms with van der Waals surface area (Å²) in [5.41, 5.74) is 0.534. The number of benzene rings is 1. The van der Waals surface area contributed by atoms with Crippen LogP contribution in [-0.4, -0.2) is 10.1 Å². The molecule has 1 aromatic heterocycles. The van der Waals surface area contributed by atoms with E-state index in [0.717, 1.165) is 0 Å². The molecular formula is C10H7ClFNO2. The van der Waals surface area contributed by atoms with Crippen LogP contribution in [0.3, 0.4) is 0 Å². The van der Waals surface area contributed by atoms with E-state index in [1.807, 2.05) is 0 Å². The van der Waals surface area contributed by atoms with Gasteiger partial charge in [0.25, 0.3) is 0 Å². The molecule has 3 nitrogen and oxygen atoms in total. The van der Waals surface area contributed by atoms with Crippen molar-refractivity contribution in [1.82, 2.24) is 4.98 Å². The van der Waals surface area contributed by atoms with Gasteiger partial charge in [-0.05, 0) is 12.1 Å². The van der Waals surface area contributed by atoms with Crippen molar-refractivity contribution in [1.29, 1.82) is 0 Å². The molecule has 0 saturated heterocycles. The monoisotopic (exact) mass is 227 g/mol. The van der Waals surface area contributed by atoms with Crippen LogP contribution in [0.4, 0.5) is 4.39 Å². The van der Waals surface area contributed by atoms with Gasteiger partial charge in [-0.2, -0.15) is 0 Å². The highest BCUT2D eigenvalue weighted by Gasteiger charge is 2.13. The molecule has 1 aromatic carbocycles. The molecule has 5 heteroatoms. The van der Waals surface area contributed by atoms with Gasteiger partial charge in [0.05, 0.1) is 17.2 Å². The summed E-state index contributed by atoms with van der Waals surface area (Å²) < 4.78 is 18.5. The van der Waals surface area contributed by atoms with Gasteiger partial charge in [-0.25, -0.2) is 9.37 Å². The third-order valence-electron chi connectivity index (χ3n) is 1.90. The van der Waals surface area contributed by atoms with Crippen molar-refractivity contribution in [3.05, 3.63) is 41.0 Å². The van der Waals surface area contributed by atoms with Crippen LogP contribution >= 0.6 is 11.6 Å². The van der Waals surface area contributed by atoms with Crippen LogP contribution in [0.1, 0.15) is 5.69 Å². The van der Waals surface area contributed by atoms with E-state index in [9.17, 15) is 4.39 Å². The maximum Gasteiger partial charge on any atom is 0.229 e. The van der Waals surface area contributed by atoms with E-state index >= 15 is 0 Å². The minimum atomic E-state index is -0.578. The zero-order valence-corrected chi connectivity index (χ0v) is 8.33. The Morgan fingerprint density at radius 3 is 2.93 bits per heavy atom. The van der Waals surface area contributed by atoms with E-state index < -0.39 is 5.82 Å². The molecule has 0 spiro atoms. The number of nitrogens with zero attached hydrogens (tertiary/aromatic N) is 1. The van der Waals surface area contributed by atoms with Crippen LogP contribution < -0.4 is 0 Å². The Balaban J connectivity index is 2.49. The van der Waals surface area contributed by atoms with Gasteiger partial charge in [0.15, 0.2) is 5.82 Å².